The molecular formula is C18H18. The Morgan fingerprint density at radius 3 is 1.83 bits per heavy atom. The number of benzene rings is 2. The summed E-state index contributed by atoms with van der Waals surface area (Å²) in [6, 6.07) is 18.7. The summed E-state index contributed by atoms with van der Waals surface area (Å²) in [4.78, 5) is 0. The molecule has 0 heteroatoms. The van der Waals surface area contributed by atoms with E-state index in [1.165, 1.54) is 16.7 Å². The molecule has 0 saturated carbocycles. The molecule has 0 fully saturated rings. The molecule has 0 nitrogen and oxygen atoms in total. The molecule has 0 aliphatic heterocycles. The predicted molar refractivity (Wildman–Crippen MR) is 80.3 cm³/mol. The summed E-state index contributed by atoms with van der Waals surface area (Å²) in [5, 5.41) is 0. The van der Waals surface area contributed by atoms with Gasteiger partial charge in [-0.05, 0) is 34.3 Å². The normalized spacial score (nSPS) is 10.1. The summed E-state index contributed by atoms with van der Waals surface area (Å²) in [7, 11) is 0. The number of hydrogen-bond donors (Lipinski definition) is 0. The molecule has 90 valence electrons. The van der Waals surface area contributed by atoms with Crippen molar-refractivity contribution in [1.29, 1.82) is 0 Å². The minimum atomic E-state index is 0.985. The zero-order valence-corrected chi connectivity index (χ0v) is 10.8. The lowest BCUT2D eigenvalue weighted by Gasteiger charge is -2.08. The van der Waals surface area contributed by atoms with Crippen LogP contribution in [0.15, 0.2) is 67.8 Å². The van der Waals surface area contributed by atoms with Crippen molar-refractivity contribution < 1.29 is 0 Å². The van der Waals surface area contributed by atoms with Crippen LogP contribution in [0.4, 0.5) is 0 Å². The van der Waals surface area contributed by atoms with Gasteiger partial charge in [0.2, 0.25) is 0 Å². The van der Waals surface area contributed by atoms with Gasteiger partial charge in [0.25, 0.3) is 0 Å². The van der Waals surface area contributed by atoms with E-state index >= 15 is 0 Å². The Morgan fingerprint density at radius 2 is 1.28 bits per heavy atom. The maximum Gasteiger partial charge on any atom is -0.0183 e. The van der Waals surface area contributed by atoms with Gasteiger partial charge in [0.1, 0.15) is 0 Å². The Labute approximate surface area is 109 Å². The van der Waals surface area contributed by atoms with Crippen LogP contribution in [0.1, 0.15) is 30.0 Å². The van der Waals surface area contributed by atoms with E-state index < -0.39 is 0 Å². The van der Waals surface area contributed by atoms with Crippen molar-refractivity contribution in [1.82, 2.24) is 0 Å². The van der Waals surface area contributed by atoms with Crippen LogP contribution in [-0.4, -0.2) is 0 Å². The first kappa shape index (κ1) is 12.4. The first-order valence-electron chi connectivity index (χ1n) is 6.25. The second-order valence-corrected chi connectivity index (χ2v) is 4.38. The molecule has 0 saturated heterocycles. The van der Waals surface area contributed by atoms with Gasteiger partial charge in [-0.2, -0.15) is 0 Å². The van der Waals surface area contributed by atoms with Gasteiger partial charge in [-0.3, -0.25) is 0 Å². The molecular weight excluding hydrogens is 216 g/mol. The highest BCUT2D eigenvalue weighted by Crippen LogP contribution is 2.23. The Balaban J connectivity index is 2.25. The third kappa shape index (κ3) is 2.60. The molecule has 2 rings (SSSR count). The molecule has 0 atom stereocenters. The fourth-order valence-corrected chi connectivity index (χ4v) is 1.92. The van der Waals surface area contributed by atoms with Crippen LogP contribution < -0.4 is 0 Å². The summed E-state index contributed by atoms with van der Waals surface area (Å²) in [6.07, 6.45) is 0.985. The van der Waals surface area contributed by atoms with Gasteiger partial charge in [0.15, 0.2) is 0 Å². The molecule has 0 aliphatic carbocycles. The van der Waals surface area contributed by atoms with Crippen LogP contribution in [0, 0.1) is 0 Å². The Morgan fingerprint density at radius 1 is 0.778 bits per heavy atom. The topological polar surface area (TPSA) is 0 Å². The van der Waals surface area contributed by atoms with E-state index in [1.54, 1.807) is 0 Å². The van der Waals surface area contributed by atoms with Crippen LogP contribution in [0.25, 0.3) is 11.1 Å². The van der Waals surface area contributed by atoms with Crippen molar-refractivity contribution in [3.8, 4) is 0 Å². The minimum Gasteiger partial charge on any atom is -0.0952 e. The van der Waals surface area contributed by atoms with E-state index in [-0.39, 0.29) is 0 Å². The van der Waals surface area contributed by atoms with Gasteiger partial charge in [-0.25, -0.2) is 0 Å². The van der Waals surface area contributed by atoms with Gasteiger partial charge in [0.05, 0.1) is 0 Å². The number of rotatable bonds is 4. The van der Waals surface area contributed by atoms with Crippen molar-refractivity contribution in [2.24, 2.45) is 0 Å². The van der Waals surface area contributed by atoms with Gasteiger partial charge in [-0.15, -0.1) is 0 Å². The molecule has 0 amide bonds. The minimum absolute atomic E-state index is 0.985. The van der Waals surface area contributed by atoms with Crippen molar-refractivity contribution in [3.63, 3.8) is 0 Å². The molecule has 0 N–H and O–H groups in total. The first-order chi connectivity index (χ1) is 8.72. The highest BCUT2D eigenvalue weighted by molar-refractivity contribution is 5.78. The van der Waals surface area contributed by atoms with Gasteiger partial charge in [-0.1, -0.05) is 74.7 Å². The van der Waals surface area contributed by atoms with E-state index in [1.807, 2.05) is 18.2 Å². The highest BCUT2D eigenvalue weighted by Gasteiger charge is 2.02. The zero-order valence-electron chi connectivity index (χ0n) is 10.8. The average molecular weight is 234 g/mol. The van der Waals surface area contributed by atoms with Crippen molar-refractivity contribution in [2.75, 3.05) is 0 Å². The molecule has 0 radical (unpaired) electrons. The predicted octanol–water partition coefficient (Wildman–Crippen LogP) is 5.17. The smallest absolute Gasteiger partial charge is 0.0183 e. The van der Waals surface area contributed by atoms with Crippen molar-refractivity contribution in [3.05, 3.63) is 84.4 Å². The third-order valence-electron chi connectivity index (χ3n) is 3.19. The molecule has 2 aromatic rings. The van der Waals surface area contributed by atoms with Crippen molar-refractivity contribution >= 4 is 11.1 Å². The summed E-state index contributed by atoms with van der Waals surface area (Å²) >= 11 is 0. The number of hydrogen-bond acceptors (Lipinski definition) is 0. The SMILES string of the molecule is C=C(CC)c1ccc(C(=C)c2ccccc2)cc1. The summed E-state index contributed by atoms with van der Waals surface area (Å²) in [5.74, 6) is 0. The van der Waals surface area contributed by atoms with E-state index in [9.17, 15) is 0 Å². The van der Waals surface area contributed by atoms with Crippen LogP contribution in [-0.2, 0) is 0 Å². The molecule has 18 heavy (non-hydrogen) atoms. The first-order valence-corrected chi connectivity index (χ1v) is 6.25. The molecule has 0 spiro atoms. The summed E-state index contributed by atoms with van der Waals surface area (Å²) in [6.45, 7) is 10.3. The standard InChI is InChI=1S/C18H18/c1-4-14(2)16-10-12-18(13-11-16)15(3)17-8-6-5-7-9-17/h5-13H,2-4H2,1H3. The van der Waals surface area contributed by atoms with E-state index in [0.717, 1.165) is 17.6 Å². The molecule has 0 heterocycles. The molecule has 0 aromatic heterocycles. The van der Waals surface area contributed by atoms with E-state index in [4.69, 9.17) is 0 Å². The lowest BCUT2D eigenvalue weighted by atomic mass is 9.97. The van der Waals surface area contributed by atoms with Crippen LogP contribution in [0.5, 0.6) is 0 Å². The van der Waals surface area contributed by atoms with Crippen LogP contribution in [0.3, 0.4) is 0 Å². The largest absolute Gasteiger partial charge is 0.0952 e. The quantitative estimate of drug-likeness (QED) is 0.684. The fraction of sp³-hybridized carbons (Fsp3) is 0.111. The zero-order chi connectivity index (χ0) is 13.0. The maximum absolute atomic E-state index is 4.17. The Hall–Kier alpha value is -2.08. The van der Waals surface area contributed by atoms with Crippen LogP contribution in [0.2, 0.25) is 0 Å². The highest BCUT2D eigenvalue weighted by atomic mass is 14.1. The third-order valence-corrected chi connectivity index (χ3v) is 3.19. The fourth-order valence-electron chi connectivity index (χ4n) is 1.92. The average Bonchev–Trinajstić information content (AvgIpc) is 2.47. The summed E-state index contributed by atoms with van der Waals surface area (Å²) in [5.41, 5.74) is 5.77. The molecule has 0 aliphatic rings. The van der Waals surface area contributed by atoms with Gasteiger partial charge in [0, 0.05) is 0 Å². The molecule has 0 unspecified atom stereocenters. The molecule has 2 aromatic carbocycles. The lowest BCUT2D eigenvalue weighted by Crippen LogP contribution is -1.87. The monoisotopic (exact) mass is 234 g/mol. The van der Waals surface area contributed by atoms with Crippen LogP contribution >= 0.6 is 0 Å². The summed E-state index contributed by atoms with van der Waals surface area (Å²) < 4.78 is 0. The van der Waals surface area contributed by atoms with E-state index in [0.29, 0.717) is 0 Å². The second-order valence-electron chi connectivity index (χ2n) is 4.38. The number of allylic oxidation sites excluding steroid dienone is 1. The maximum atomic E-state index is 4.17. The van der Waals surface area contributed by atoms with Gasteiger partial charge >= 0.3 is 0 Å². The van der Waals surface area contributed by atoms with Crippen molar-refractivity contribution in [2.45, 2.75) is 13.3 Å². The van der Waals surface area contributed by atoms with Gasteiger partial charge < -0.3 is 0 Å². The Bertz CT molecular complexity index is 544. The molecule has 0 bridgehead atoms. The Kier molecular flexibility index (Phi) is 3.78. The lowest BCUT2D eigenvalue weighted by molar-refractivity contribution is 1.24. The second kappa shape index (κ2) is 5.50. The van der Waals surface area contributed by atoms with E-state index in [2.05, 4.69) is 56.5 Å².